The number of hydrogen-bond donors (Lipinski definition) is 1. The number of rotatable bonds is 2. The van der Waals surface area contributed by atoms with E-state index < -0.39 is 0 Å². The topological polar surface area (TPSA) is 41.6 Å². The molecule has 1 N–H and O–H groups in total. The van der Waals surface area contributed by atoms with Crippen LogP contribution in [0.25, 0.3) is 0 Å². The molecule has 2 fully saturated rings. The zero-order valence-corrected chi connectivity index (χ0v) is 9.21. The Labute approximate surface area is 91.0 Å². The van der Waals surface area contributed by atoms with Crippen LogP contribution in [0.1, 0.15) is 19.3 Å². The molecule has 0 bridgehead atoms. The molecule has 2 saturated heterocycles. The van der Waals surface area contributed by atoms with E-state index >= 15 is 0 Å². The summed E-state index contributed by atoms with van der Waals surface area (Å²) in [4.78, 5) is 13.7. The second kappa shape index (κ2) is 5.47. The molecule has 4 nitrogen and oxygen atoms in total. The number of carbonyl (C=O) groups is 1. The SMILES string of the molecule is O=C1CCNCCN1CC1CCCOC1. The molecule has 2 aliphatic rings. The van der Waals surface area contributed by atoms with Gasteiger partial charge in [0.1, 0.15) is 0 Å². The molecule has 2 rings (SSSR count). The summed E-state index contributed by atoms with van der Waals surface area (Å²) < 4.78 is 5.44. The molecule has 1 unspecified atom stereocenters. The van der Waals surface area contributed by atoms with Crippen molar-refractivity contribution in [2.45, 2.75) is 19.3 Å². The van der Waals surface area contributed by atoms with Gasteiger partial charge in [0.05, 0.1) is 6.61 Å². The number of carbonyl (C=O) groups excluding carboxylic acids is 1. The fraction of sp³-hybridized carbons (Fsp3) is 0.909. The van der Waals surface area contributed by atoms with Crippen molar-refractivity contribution in [1.82, 2.24) is 10.2 Å². The Morgan fingerprint density at radius 2 is 2.40 bits per heavy atom. The minimum absolute atomic E-state index is 0.297. The molecule has 0 aromatic heterocycles. The molecule has 2 heterocycles. The van der Waals surface area contributed by atoms with Gasteiger partial charge in [0.2, 0.25) is 5.91 Å². The van der Waals surface area contributed by atoms with Crippen LogP contribution in [0.4, 0.5) is 0 Å². The van der Waals surface area contributed by atoms with Crippen molar-refractivity contribution in [1.29, 1.82) is 0 Å². The van der Waals surface area contributed by atoms with Crippen LogP contribution >= 0.6 is 0 Å². The van der Waals surface area contributed by atoms with E-state index in [2.05, 4.69) is 5.32 Å². The summed E-state index contributed by atoms with van der Waals surface area (Å²) in [5, 5.41) is 3.25. The van der Waals surface area contributed by atoms with Crippen molar-refractivity contribution in [2.75, 3.05) is 39.4 Å². The van der Waals surface area contributed by atoms with Gasteiger partial charge in [-0.05, 0) is 18.8 Å². The highest BCUT2D eigenvalue weighted by Crippen LogP contribution is 2.15. The summed E-state index contributed by atoms with van der Waals surface area (Å²) in [7, 11) is 0. The zero-order chi connectivity index (χ0) is 10.5. The van der Waals surface area contributed by atoms with Gasteiger partial charge >= 0.3 is 0 Å². The molecule has 1 atom stereocenters. The van der Waals surface area contributed by atoms with Crippen LogP contribution in [0, 0.1) is 5.92 Å². The highest BCUT2D eigenvalue weighted by Gasteiger charge is 2.22. The Bertz CT molecular complexity index is 215. The molecular weight excluding hydrogens is 192 g/mol. The van der Waals surface area contributed by atoms with E-state index in [4.69, 9.17) is 4.74 Å². The number of nitrogens with one attached hydrogen (secondary N) is 1. The lowest BCUT2D eigenvalue weighted by atomic mass is 10.0. The summed E-state index contributed by atoms with van der Waals surface area (Å²) >= 11 is 0. The van der Waals surface area contributed by atoms with Crippen molar-refractivity contribution in [3.63, 3.8) is 0 Å². The molecule has 0 spiro atoms. The molecule has 0 radical (unpaired) electrons. The van der Waals surface area contributed by atoms with Crippen LogP contribution in [0.5, 0.6) is 0 Å². The van der Waals surface area contributed by atoms with Gasteiger partial charge in [0.15, 0.2) is 0 Å². The average Bonchev–Trinajstić information content (AvgIpc) is 2.46. The summed E-state index contributed by atoms with van der Waals surface area (Å²) in [6.07, 6.45) is 3.00. The predicted octanol–water partition coefficient (Wildman–Crippen LogP) is 0.235. The standard InChI is InChI=1S/C11H20N2O2/c14-11-3-4-12-5-6-13(11)8-10-2-1-7-15-9-10/h10,12H,1-9H2. The Hall–Kier alpha value is -0.610. The quantitative estimate of drug-likeness (QED) is 0.712. The van der Waals surface area contributed by atoms with Gasteiger partial charge in [-0.3, -0.25) is 4.79 Å². The molecular formula is C11H20N2O2. The Morgan fingerprint density at radius 3 is 3.20 bits per heavy atom. The molecule has 86 valence electrons. The fourth-order valence-corrected chi connectivity index (χ4v) is 2.27. The van der Waals surface area contributed by atoms with Crippen LogP contribution in [0.3, 0.4) is 0 Å². The van der Waals surface area contributed by atoms with E-state index in [9.17, 15) is 4.79 Å². The maximum Gasteiger partial charge on any atom is 0.223 e. The molecule has 0 aliphatic carbocycles. The Kier molecular flexibility index (Phi) is 3.97. The van der Waals surface area contributed by atoms with E-state index in [-0.39, 0.29) is 0 Å². The minimum atomic E-state index is 0.297. The summed E-state index contributed by atoms with van der Waals surface area (Å²) in [6.45, 7) is 5.23. The molecule has 0 aromatic rings. The highest BCUT2D eigenvalue weighted by molar-refractivity contribution is 5.76. The van der Waals surface area contributed by atoms with Gasteiger partial charge in [0, 0.05) is 39.2 Å². The van der Waals surface area contributed by atoms with E-state index in [1.807, 2.05) is 4.90 Å². The number of amides is 1. The normalized spacial score (nSPS) is 28.9. The smallest absolute Gasteiger partial charge is 0.223 e. The Morgan fingerprint density at radius 1 is 1.47 bits per heavy atom. The first-order chi connectivity index (χ1) is 7.36. The molecule has 2 aliphatic heterocycles. The number of hydrogen-bond acceptors (Lipinski definition) is 3. The summed E-state index contributed by atoms with van der Waals surface area (Å²) in [6, 6.07) is 0. The predicted molar refractivity (Wildman–Crippen MR) is 57.6 cm³/mol. The van der Waals surface area contributed by atoms with Gasteiger partial charge in [-0.25, -0.2) is 0 Å². The van der Waals surface area contributed by atoms with Crippen LogP contribution in [-0.4, -0.2) is 50.2 Å². The maximum atomic E-state index is 11.7. The van der Waals surface area contributed by atoms with Crippen molar-refractivity contribution in [2.24, 2.45) is 5.92 Å². The molecule has 15 heavy (non-hydrogen) atoms. The molecule has 0 aromatic carbocycles. The minimum Gasteiger partial charge on any atom is -0.381 e. The monoisotopic (exact) mass is 212 g/mol. The van der Waals surface area contributed by atoms with E-state index in [1.54, 1.807) is 0 Å². The zero-order valence-electron chi connectivity index (χ0n) is 9.21. The fourth-order valence-electron chi connectivity index (χ4n) is 2.27. The van der Waals surface area contributed by atoms with E-state index in [0.29, 0.717) is 18.2 Å². The number of nitrogens with zero attached hydrogens (tertiary/aromatic N) is 1. The van der Waals surface area contributed by atoms with Crippen molar-refractivity contribution in [3.8, 4) is 0 Å². The van der Waals surface area contributed by atoms with Crippen LogP contribution in [0.2, 0.25) is 0 Å². The van der Waals surface area contributed by atoms with Crippen LogP contribution in [0.15, 0.2) is 0 Å². The van der Waals surface area contributed by atoms with Gasteiger partial charge in [-0.2, -0.15) is 0 Å². The average molecular weight is 212 g/mol. The number of ether oxygens (including phenoxy) is 1. The summed E-state index contributed by atoms with van der Waals surface area (Å²) in [5.41, 5.74) is 0. The van der Waals surface area contributed by atoms with Crippen LogP contribution in [-0.2, 0) is 9.53 Å². The van der Waals surface area contributed by atoms with Crippen molar-refractivity contribution in [3.05, 3.63) is 0 Å². The van der Waals surface area contributed by atoms with Crippen LogP contribution < -0.4 is 5.32 Å². The lowest BCUT2D eigenvalue weighted by Gasteiger charge is -2.28. The third-order valence-corrected chi connectivity index (χ3v) is 3.16. The molecule has 1 amide bonds. The van der Waals surface area contributed by atoms with E-state index in [1.165, 1.54) is 6.42 Å². The first-order valence-electron chi connectivity index (χ1n) is 5.92. The third-order valence-electron chi connectivity index (χ3n) is 3.16. The third kappa shape index (κ3) is 3.18. The second-order valence-corrected chi connectivity index (χ2v) is 4.42. The first-order valence-corrected chi connectivity index (χ1v) is 5.92. The highest BCUT2D eigenvalue weighted by atomic mass is 16.5. The second-order valence-electron chi connectivity index (χ2n) is 4.42. The Balaban J connectivity index is 1.82. The van der Waals surface area contributed by atoms with Gasteiger partial charge in [0.25, 0.3) is 0 Å². The van der Waals surface area contributed by atoms with Gasteiger partial charge < -0.3 is 15.0 Å². The lowest BCUT2D eigenvalue weighted by Crippen LogP contribution is -2.38. The van der Waals surface area contributed by atoms with E-state index in [0.717, 1.165) is 45.8 Å². The maximum absolute atomic E-state index is 11.7. The lowest BCUT2D eigenvalue weighted by molar-refractivity contribution is -0.131. The molecule has 0 saturated carbocycles. The van der Waals surface area contributed by atoms with Gasteiger partial charge in [-0.1, -0.05) is 0 Å². The van der Waals surface area contributed by atoms with Gasteiger partial charge in [-0.15, -0.1) is 0 Å². The summed E-state index contributed by atoms with van der Waals surface area (Å²) in [5.74, 6) is 0.853. The molecule has 4 heteroatoms. The van der Waals surface area contributed by atoms with Crippen molar-refractivity contribution < 1.29 is 9.53 Å². The largest absolute Gasteiger partial charge is 0.381 e. The van der Waals surface area contributed by atoms with Crippen molar-refractivity contribution >= 4 is 5.91 Å². The first kappa shape index (κ1) is 10.9.